The Kier molecular flexibility index (Phi) is 4.18. The molecule has 1 aliphatic heterocycles. The molecule has 0 amide bonds. The zero-order valence-electron chi connectivity index (χ0n) is 11.2. The molecule has 0 saturated carbocycles. The van der Waals surface area contributed by atoms with Gasteiger partial charge in [-0.2, -0.15) is 5.10 Å². The second kappa shape index (κ2) is 5.65. The molecule has 96 valence electrons. The molecule has 4 heteroatoms. The summed E-state index contributed by atoms with van der Waals surface area (Å²) < 4.78 is 1.86. The van der Waals surface area contributed by atoms with Crippen molar-refractivity contribution >= 4 is 0 Å². The summed E-state index contributed by atoms with van der Waals surface area (Å²) in [6.07, 6.45) is 6.70. The maximum Gasteiger partial charge on any atom is 0.0534 e. The first kappa shape index (κ1) is 12.6. The predicted octanol–water partition coefficient (Wildman–Crippen LogP) is 1.24. The second-order valence-corrected chi connectivity index (χ2v) is 5.36. The second-order valence-electron chi connectivity index (χ2n) is 5.36. The van der Waals surface area contributed by atoms with Crippen molar-refractivity contribution in [2.75, 3.05) is 20.1 Å². The summed E-state index contributed by atoms with van der Waals surface area (Å²) >= 11 is 0. The van der Waals surface area contributed by atoms with Gasteiger partial charge in [0.05, 0.1) is 6.20 Å². The van der Waals surface area contributed by atoms with E-state index in [1.54, 1.807) is 0 Å². The number of hydrogen-bond donors (Lipinski definition) is 1. The number of likely N-dealkylation sites (tertiary alicyclic amines) is 1. The van der Waals surface area contributed by atoms with E-state index in [0.29, 0.717) is 6.04 Å². The molecule has 1 aliphatic rings. The maximum absolute atomic E-state index is 4.19. The lowest BCUT2D eigenvalue weighted by molar-refractivity contribution is 0.178. The van der Waals surface area contributed by atoms with Gasteiger partial charge in [0.1, 0.15) is 0 Å². The minimum atomic E-state index is 0.581. The molecule has 17 heavy (non-hydrogen) atoms. The Morgan fingerprint density at radius 3 is 3.00 bits per heavy atom. The predicted molar refractivity (Wildman–Crippen MR) is 69.7 cm³/mol. The third-order valence-electron chi connectivity index (χ3n) is 3.75. The zero-order chi connectivity index (χ0) is 12.3. The third kappa shape index (κ3) is 3.54. The lowest BCUT2D eigenvalue weighted by Gasteiger charge is -2.33. The topological polar surface area (TPSA) is 33.1 Å². The Morgan fingerprint density at radius 1 is 1.53 bits per heavy atom. The van der Waals surface area contributed by atoms with Crippen LogP contribution >= 0.6 is 0 Å². The Labute approximate surface area is 104 Å². The van der Waals surface area contributed by atoms with Gasteiger partial charge in [-0.1, -0.05) is 0 Å². The lowest BCUT2D eigenvalue weighted by atomic mass is 9.92. The molecule has 1 N–H and O–H groups in total. The van der Waals surface area contributed by atoms with Crippen LogP contribution in [0.4, 0.5) is 0 Å². The van der Waals surface area contributed by atoms with Crippen molar-refractivity contribution in [3.63, 3.8) is 0 Å². The van der Waals surface area contributed by atoms with Crippen LogP contribution in [0.3, 0.4) is 0 Å². The summed E-state index contributed by atoms with van der Waals surface area (Å²) in [6.45, 7) is 5.71. The fourth-order valence-electron chi connectivity index (χ4n) is 2.62. The van der Waals surface area contributed by atoms with E-state index in [1.165, 1.54) is 31.5 Å². The van der Waals surface area contributed by atoms with Gasteiger partial charge in [-0.25, -0.2) is 0 Å². The molecule has 0 bridgehead atoms. The highest BCUT2D eigenvalue weighted by molar-refractivity contribution is 5.03. The van der Waals surface area contributed by atoms with Crippen LogP contribution in [0.5, 0.6) is 0 Å². The van der Waals surface area contributed by atoms with Crippen LogP contribution in [0, 0.1) is 5.92 Å². The summed E-state index contributed by atoms with van der Waals surface area (Å²) in [5, 5.41) is 7.81. The number of aryl methyl sites for hydroxylation is 1. The van der Waals surface area contributed by atoms with Crippen molar-refractivity contribution in [3.8, 4) is 0 Å². The van der Waals surface area contributed by atoms with Gasteiger partial charge in [0.15, 0.2) is 0 Å². The van der Waals surface area contributed by atoms with Crippen LogP contribution in [-0.2, 0) is 13.6 Å². The van der Waals surface area contributed by atoms with Crippen LogP contribution in [0.1, 0.15) is 25.3 Å². The first-order valence-corrected chi connectivity index (χ1v) is 6.54. The van der Waals surface area contributed by atoms with Crippen LogP contribution in [0.25, 0.3) is 0 Å². The van der Waals surface area contributed by atoms with E-state index in [9.17, 15) is 0 Å². The maximum atomic E-state index is 4.19. The van der Waals surface area contributed by atoms with Gasteiger partial charge in [0.2, 0.25) is 0 Å². The monoisotopic (exact) mass is 236 g/mol. The van der Waals surface area contributed by atoms with Gasteiger partial charge < -0.3 is 10.2 Å². The fourth-order valence-corrected chi connectivity index (χ4v) is 2.62. The molecule has 0 radical (unpaired) electrons. The quantitative estimate of drug-likeness (QED) is 0.854. The molecule has 2 unspecified atom stereocenters. The standard InChI is InChI=1S/C13H24N4/c1-11(13-5-4-6-16(2)10-13)14-7-12-8-15-17(3)9-12/h8-9,11,13-14H,4-7,10H2,1-3H3. The van der Waals surface area contributed by atoms with Crippen molar-refractivity contribution in [1.82, 2.24) is 20.0 Å². The van der Waals surface area contributed by atoms with E-state index in [4.69, 9.17) is 0 Å². The van der Waals surface area contributed by atoms with Gasteiger partial charge in [-0.15, -0.1) is 0 Å². The largest absolute Gasteiger partial charge is 0.310 e. The Bertz CT molecular complexity index is 347. The van der Waals surface area contributed by atoms with Crippen LogP contribution in [-0.4, -0.2) is 40.9 Å². The van der Waals surface area contributed by atoms with Crippen molar-refractivity contribution in [2.45, 2.75) is 32.4 Å². The van der Waals surface area contributed by atoms with Crippen LogP contribution in [0.2, 0.25) is 0 Å². The number of piperidine rings is 1. The molecular formula is C13H24N4. The molecule has 1 saturated heterocycles. The summed E-state index contributed by atoms with van der Waals surface area (Å²) in [7, 11) is 4.18. The molecule has 4 nitrogen and oxygen atoms in total. The first-order valence-electron chi connectivity index (χ1n) is 6.54. The Balaban J connectivity index is 1.78. The van der Waals surface area contributed by atoms with Crippen molar-refractivity contribution in [1.29, 1.82) is 0 Å². The highest BCUT2D eigenvalue weighted by atomic mass is 15.2. The number of aromatic nitrogens is 2. The van der Waals surface area contributed by atoms with Gasteiger partial charge in [-0.3, -0.25) is 4.68 Å². The molecule has 2 rings (SSSR count). The summed E-state index contributed by atoms with van der Waals surface area (Å²) in [4.78, 5) is 2.44. The van der Waals surface area contributed by atoms with Crippen LogP contribution in [0.15, 0.2) is 12.4 Å². The van der Waals surface area contributed by atoms with Crippen LogP contribution < -0.4 is 5.32 Å². The summed E-state index contributed by atoms with van der Waals surface area (Å²) in [6, 6.07) is 0.581. The van der Waals surface area contributed by atoms with E-state index < -0.39 is 0 Å². The fraction of sp³-hybridized carbons (Fsp3) is 0.769. The molecule has 1 aromatic heterocycles. The number of nitrogens with one attached hydrogen (secondary N) is 1. The average Bonchev–Trinajstić information content (AvgIpc) is 2.72. The molecule has 1 fully saturated rings. The van der Waals surface area contributed by atoms with E-state index in [2.05, 4.69) is 35.5 Å². The van der Waals surface area contributed by atoms with E-state index in [0.717, 1.165) is 12.5 Å². The molecule has 2 heterocycles. The van der Waals surface area contributed by atoms with Gasteiger partial charge >= 0.3 is 0 Å². The summed E-state index contributed by atoms with van der Waals surface area (Å²) in [5.41, 5.74) is 1.27. The van der Waals surface area contributed by atoms with Crippen molar-refractivity contribution in [3.05, 3.63) is 18.0 Å². The molecule has 2 atom stereocenters. The smallest absolute Gasteiger partial charge is 0.0534 e. The molecule has 1 aromatic rings. The van der Waals surface area contributed by atoms with Gasteiger partial charge in [0.25, 0.3) is 0 Å². The first-order chi connectivity index (χ1) is 8.15. The molecule has 0 spiro atoms. The molecule has 0 aromatic carbocycles. The highest BCUT2D eigenvalue weighted by Gasteiger charge is 2.22. The minimum Gasteiger partial charge on any atom is -0.310 e. The van der Waals surface area contributed by atoms with Gasteiger partial charge in [-0.05, 0) is 39.3 Å². The number of hydrogen-bond acceptors (Lipinski definition) is 3. The summed E-state index contributed by atoms with van der Waals surface area (Å²) in [5.74, 6) is 0.783. The Hall–Kier alpha value is -0.870. The van der Waals surface area contributed by atoms with Crippen molar-refractivity contribution < 1.29 is 0 Å². The van der Waals surface area contributed by atoms with E-state index >= 15 is 0 Å². The van der Waals surface area contributed by atoms with Crippen molar-refractivity contribution in [2.24, 2.45) is 13.0 Å². The highest BCUT2D eigenvalue weighted by Crippen LogP contribution is 2.18. The third-order valence-corrected chi connectivity index (χ3v) is 3.75. The van der Waals surface area contributed by atoms with Gasteiger partial charge in [0, 0.05) is 37.9 Å². The average molecular weight is 236 g/mol. The van der Waals surface area contributed by atoms with E-state index in [-0.39, 0.29) is 0 Å². The SMILES string of the molecule is CC(NCc1cnn(C)c1)C1CCCN(C)C1. The lowest BCUT2D eigenvalue weighted by Crippen LogP contribution is -2.42. The normalized spacial score (nSPS) is 23.8. The Morgan fingerprint density at radius 2 is 2.35 bits per heavy atom. The number of rotatable bonds is 4. The minimum absolute atomic E-state index is 0.581. The van der Waals surface area contributed by atoms with E-state index in [1.807, 2.05) is 17.9 Å². The zero-order valence-corrected chi connectivity index (χ0v) is 11.2. The molecular weight excluding hydrogens is 212 g/mol. The number of nitrogens with zero attached hydrogens (tertiary/aromatic N) is 3. The molecule has 0 aliphatic carbocycles.